The van der Waals surface area contributed by atoms with Crippen LogP contribution in [0.2, 0.25) is 0 Å². The van der Waals surface area contributed by atoms with Gasteiger partial charge in [-0.05, 0) is 77.7 Å². The zero-order chi connectivity index (χ0) is 21.0. The lowest BCUT2D eigenvalue weighted by atomic mass is 10.2. The molecule has 0 radical (unpaired) electrons. The lowest BCUT2D eigenvalue weighted by Crippen LogP contribution is -2.35. The topological polar surface area (TPSA) is 75.7 Å². The third-order valence-electron chi connectivity index (χ3n) is 4.63. The van der Waals surface area contributed by atoms with E-state index in [4.69, 9.17) is 4.74 Å². The average molecular weight is 546 g/mol. The molecule has 2 aromatic rings. The molecule has 2 aromatic carbocycles. The molecule has 1 aliphatic rings. The molecular formula is C20H22Br2N2O4S. The van der Waals surface area contributed by atoms with E-state index in [0.29, 0.717) is 24.5 Å². The number of sulfonamides is 1. The third-order valence-corrected chi connectivity index (χ3v) is 7.59. The molecular weight excluding hydrogens is 524 g/mol. The number of hydrogen-bond acceptors (Lipinski definition) is 4. The van der Waals surface area contributed by atoms with E-state index in [-0.39, 0.29) is 17.4 Å². The second-order valence-electron chi connectivity index (χ2n) is 6.86. The van der Waals surface area contributed by atoms with Gasteiger partial charge in [0.1, 0.15) is 5.75 Å². The van der Waals surface area contributed by atoms with Gasteiger partial charge in [0, 0.05) is 23.2 Å². The third kappa shape index (κ3) is 5.59. The zero-order valence-corrected chi connectivity index (χ0v) is 19.9. The van der Waals surface area contributed by atoms with E-state index in [0.717, 1.165) is 33.8 Å². The standard InChI is InChI=1S/C20H22Br2N2O4S/c1-14-11-15(21)12-18(22)20(14)28-13-19(25)23-16-5-7-17(8-6-16)29(26,27)24-9-3-2-4-10-24/h5-8,11-12H,2-4,9-10,13H2,1H3,(H,23,25). The predicted octanol–water partition coefficient (Wildman–Crippen LogP) is 4.71. The Bertz CT molecular complexity index is 965. The number of piperidine rings is 1. The molecule has 1 fully saturated rings. The van der Waals surface area contributed by atoms with Crippen LogP contribution in [0.5, 0.6) is 5.75 Å². The minimum Gasteiger partial charge on any atom is -0.482 e. The normalized spacial score (nSPS) is 15.1. The molecule has 1 amide bonds. The van der Waals surface area contributed by atoms with Crippen molar-refractivity contribution < 1.29 is 17.9 Å². The van der Waals surface area contributed by atoms with Crippen molar-refractivity contribution in [3.63, 3.8) is 0 Å². The van der Waals surface area contributed by atoms with E-state index in [9.17, 15) is 13.2 Å². The van der Waals surface area contributed by atoms with Crippen molar-refractivity contribution in [1.29, 1.82) is 0 Å². The van der Waals surface area contributed by atoms with Crippen LogP contribution in [0.25, 0.3) is 0 Å². The van der Waals surface area contributed by atoms with Crippen molar-refractivity contribution in [2.45, 2.75) is 31.1 Å². The summed E-state index contributed by atoms with van der Waals surface area (Å²) in [7, 11) is -3.48. The van der Waals surface area contributed by atoms with E-state index < -0.39 is 10.0 Å². The number of nitrogens with one attached hydrogen (secondary N) is 1. The molecule has 1 aliphatic heterocycles. The maximum atomic E-state index is 12.7. The van der Waals surface area contributed by atoms with Gasteiger partial charge in [-0.1, -0.05) is 22.4 Å². The van der Waals surface area contributed by atoms with Crippen LogP contribution in [0.3, 0.4) is 0 Å². The molecule has 29 heavy (non-hydrogen) atoms. The highest BCUT2D eigenvalue weighted by molar-refractivity contribution is 9.11. The van der Waals surface area contributed by atoms with Gasteiger partial charge in [0.2, 0.25) is 10.0 Å². The molecule has 6 nitrogen and oxygen atoms in total. The summed E-state index contributed by atoms with van der Waals surface area (Å²) in [4.78, 5) is 12.5. The quantitative estimate of drug-likeness (QED) is 0.570. The second kappa shape index (κ2) is 9.59. The van der Waals surface area contributed by atoms with Crippen molar-refractivity contribution in [2.75, 3.05) is 25.0 Å². The number of aryl methyl sites for hydroxylation is 1. The van der Waals surface area contributed by atoms with Gasteiger partial charge in [-0.25, -0.2) is 8.42 Å². The summed E-state index contributed by atoms with van der Waals surface area (Å²) in [6.07, 6.45) is 2.85. The predicted molar refractivity (Wildman–Crippen MR) is 120 cm³/mol. The molecule has 156 valence electrons. The van der Waals surface area contributed by atoms with Gasteiger partial charge in [0.05, 0.1) is 9.37 Å². The molecule has 0 atom stereocenters. The van der Waals surface area contributed by atoms with Gasteiger partial charge < -0.3 is 10.1 Å². The fourth-order valence-electron chi connectivity index (χ4n) is 3.17. The number of carbonyl (C=O) groups is 1. The number of anilines is 1. The Morgan fingerprint density at radius 3 is 2.38 bits per heavy atom. The molecule has 1 saturated heterocycles. The maximum absolute atomic E-state index is 12.7. The lowest BCUT2D eigenvalue weighted by molar-refractivity contribution is -0.118. The van der Waals surface area contributed by atoms with E-state index >= 15 is 0 Å². The average Bonchev–Trinajstić information content (AvgIpc) is 2.68. The number of hydrogen-bond donors (Lipinski definition) is 1. The molecule has 0 saturated carbocycles. The zero-order valence-electron chi connectivity index (χ0n) is 16.0. The van der Waals surface area contributed by atoms with Crippen molar-refractivity contribution in [3.8, 4) is 5.75 Å². The number of halogens is 2. The molecule has 1 heterocycles. The Labute approximate surface area is 187 Å². The molecule has 0 aromatic heterocycles. The Balaban J connectivity index is 1.60. The van der Waals surface area contributed by atoms with Gasteiger partial charge in [0.25, 0.3) is 5.91 Å². The Kier molecular flexibility index (Phi) is 7.37. The van der Waals surface area contributed by atoms with E-state index in [1.807, 2.05) is 19.1 Å². The molecule has 0 aliphatic carbocycles. The minimum atomic E-state index is -3.48. The summed E-state index contributed by atoms with van der Waals surface area (Å²) in [6.45, 7) is 2.85. The summed E-state index contributed by atoms with van der Waals surface area (Å²) in [5.41, 5.74) is 1.41. The van der Waals surface area contributed by atoms with Crippen molar-refractivity contribution in [3.05, 3.63) is 50.9 Å². The van der Waals surface area contributed by atoms with E-state index in [2.05, 4.69) is 37.2 Å². The van der Waals surface area contributed by atoms with Crippen molar-refractivity contribution in [2.24, 2.45) is 0 Å². The first kappa shape index (κ1) is 22.3. The highest BCUT2D eigenvalue weighted by atomic mass is 79.9. The van der Waals surface area contributed by atoms with Crippen LogP contribution in [0.1, 0.15) is 24.8 Å². The summed E-state index contributed by atoms with van der Waals surface area (Å²) < 4.78 is 34.2. The number of carbonyl (C=O) groups excluding carboxylic acids is 1. The van der Waals surface area contributed by atoms with Crippen LogP contribution >= 0.6 is 31.9 Å². The van der Waals surface area contributed by atoms with Gasteiger partial charge in [-0.2, -0.15) is 4.31 Å². The van der Waals surface area contributed by atoms with E-state index in [1.54, 1.807) is 12.1 Å². The summed E-state index contributed by atoms with van der Waals surface area (Å²) in [5, 5.41) is 2.72. The molecule has 1 N–H and O–H groups in total. The van der Waals surface area contributed by atoms with Crippen LogP contribution < -0.4 is 10.1 Å². The monoisotopic (exact) mass is 544 g/mol. The second-order valence-corrected chi connectivity index (χ2v) is 10.6. The van der Waals surface area contributed by atoms with Gasteiger partial charge in [-0.3, -0.25) is 4.79 Å². The molecule has 0 bridgehead atoms. The number of ether oxygens (including phenoxy) is 1. The highest BCUT2D eigenvalue weighted by Crippen LogP contribution is 2.32. The highest BCUT2D eigenvalue weighted by Gasteiger charge is 2.25. The largest absolute Gasteiger partial charge is 0.482 e. The molecule has 9 heteroatoms. The van der Waals surface area contributed by atoms with Crippen LogP contribution in [0.4, 0.5) is 5.69 Å². The summed E-state index contributed by atoms with van der Waals surface area (Å²) in [5.74, 6) is 0.275. The van der Waals surface area contributed by atoms with Crippen LogP contribution in [-0.4, -0.2) is 38.3 Å². The first-order valence-electron chi connectivity index (χ1n) is 9.26. The molecule has 3 rings (SSSR count). The van der Waals surface area contributed by atoms with Crippen LogP contribution in [0, 0.1) is 6.92 Å². The first-order chi connectivity index (χ1) is 13.8. The lowest BCUT2D eigenvalue weighted by Gasteiger charge is -2.25. The fourth-order valence-corrected chi connectivity index (χ4v) is 6.24. The SMILES string of the molecule is Cc1cc(Br)cc(Br)c1OCC(=O)Nc1ccc(S(=O)(=O)N2CCCCC2)cc1. The number of benzene rings is 2. The van der Waals surface area contributed by atoms with Crippen LogP contribution in [0.15, 0.2) is 50.2 Å². The van der Waals surface area contributed by atoms with Crippen LogP contribution in [-0.2, 0) is 14.8 Å². The van der Waals surface area contributed by atoms with Crippen molar-refractivity contribution in [1.82, 2.24) is 4.31 Å². The number of nitrogens with zero attached hydrogens (tertiary/aromatic N) is 1. The fraction of sp³-hybridized carbons (Fsp3) is 0.350. The van der Waals surface area contributed by atoms with E-state index in [1.165, 1.54) is 16.4 Å². The van der Waals surface area contributed by atoms with Gasteiger partial charge >= 0.3 is 0 Å². The Hall–Kier alpha value is -1.42. The Morgan fingerprint density at radius 1 is 1.10 bits per heavy atom. The minimum absolute atomic E-state index is 0.158. The summed E-state index contributed by atoms with van der Waals surface area (Å²) in [6, 6.07) is 9.98. The first-order valence-corrected chi connectivity index (χ1v) is 12.3. The molecule has 0 spiro atoms. The number of amides is 1. The molecule has 0 unspecified atom stereocenters. The maximum Gasteiger partial charge on any atom is 0.262 e. The Morgan fingerprint density at radius 2 is 1.76 bits per heavy atom. The van der Waals surface area contributed by atoms with Gasteiger partial charge in [-0.15, -0.1) is 0 Å². The number of rotatable bonds is 6. The van der Waals surface area contributed by atoms with Gasteiger partial charge in [0.15, 0.2) is 6.61 Å². The smallest absolute Gasteiger partial charge is 0.262 e. The van der Waals surface area contributed by atoms with Crippen molar-refractivity contribution >= 4 is 53.5 Å². The summed E-state index contributed by atoms with van der Waals surface area (Å²) >= 11 is 6.83.